The molecule has 1 aliphatic rings. The summed E-state index contributed by atoms with van der Waals surface area (Å²) in [7, 11) is 0. The van der Waals surface area contributed by atoms with Gasteiger partial charge in [0.2, 0.25) is 11.1 Å². The summed E-state index contributed by atoms with van der Waals surface area (Å²) >= 11 is 1.75. The van der Waals surface area contributed by atoms with E-state index in [4.69, 9.17) is 0 Å². The Kier molecular flexibility index (Phi) is 5.23. The van der Waals surface area contributed by atoms with E-state index in [0.717, 1.165) is 22.1 Å². The number of nitrogens with one attached hydrogen (secondary N) is 2. The van der Waals surface area contributed by atoms with Crippen LogP contribution >= 0.6 is 11.8 Å². The van der Waals surface area contributed by atoms with Crippen molar-refractivity contribution in [3.05, 3.63) is 17.0 Å². The summed E-state index contributed by atoms with van der Waals surface area (Å²) in [6.07, 6.45) is 6.96. The fourth-order valence-electron chi connectivity index (χ4n) is 3.03. The van der Waals surface area contributed by atoms with Crippen LogP contribution < -0.4 is 5.43 Å². The number of H-pyrrole nitrogens is 1. The lowest BCUT2D eigenvalue weighted by Gasteiger charge is -2.07. The summed E-state index contributed by atoms with van der Waals surface area (Å²) in [4.78, 5) is 4.43. The van der Waals surface area contributed by atoms with Gasteiger partial charge in [0.15, 0.2) is 0 Å². The van der Waals surface area contributed by atoms with Gasteiger partial charge in [-0.2, -0.15) is 15.2 Å². The molecular formula is C16H25N7S. The molecule has 3 rings (SSSR count). The van der Waals surface area contributed by atoms with E-state index < -0.39 is 0 Å². The van der Waals surface area contributed by atoms with Crippen LogP contribution in [0.4, 0.5) is 5.95 Å². The molecule has 7 nitrogen and oxygen atoms in total. The van der Waals surface area contributed by atoms with Crippen molar-refractivity contribution in [3.63, 3.8) is 0 Å². The predicted octanol–water partition coefficient (Wildman–Crippen LogP) is 3.68. The second-order valence-electron chi connectivity index (χ2n) is 6.48. The minimum absolute atomic E-state index is 0.336. The molecule has 1 aliphatic carbocycles. The van der Waals surface area contributed by atoms with E-state index in [1.54, 1.807) is 18.0 Å². The van der Waals surface area contributed by atoms with Crippen LogP contribution in [0.5, 0.6) is 0 Å². The van der Waals surface area contributed by atoms with Gasteiger partial charge in [-0.1, -0.05) is 24.6 Å². The molecule has 0 radical (unpaired) electrons. The van der Waals surface area contributed by atoms with Gasteiger partial charge in [0, 0.05) is 22.5 Å². The Morgan fingerprint density at radius 3 is 2.75 bits per heavy atom. The zero-order chi connectivity index (χ0) is 17.1. The Bertz CT molecular complexity index is 710. The van der Waals surface area contributed by atoms with Crippen molar-refractivity contribution in [3.8, 4) is 0 Å². The summed E-state index contributed by atoms with van der Waals surface area (Å²) in [5.41, 5.74) is 6.05. The zero-order valence-corrected chi connectivity index (χ0v) is 15.5. The molecule has 0 aliphatic heterocycles. The fourth-order valence-corrected chi connectivity index (χ4v) is 4.14. The van der Waals surface area contributed by atoms with Crippen LogP contribution in [0.2, 0.25) is 0 Å². The normalized spacial score (nSPS) is 15.9. The molecule has 2 N–H and O–H groups in total. The molecule has 2 aromatic heterocycles. The topological polar surface area (TPSA) is 83.8 Å². The lowest BCUT2D eigenvalue weighted by molar-refractivity contribution is 0.516. The SMILES string of the molecule is Cc1nn(C(C)C)c(C)c1/C=N\Nc1nc(SC2CCCC2)n[nH]1. The molecule has 0 bridgehead atoms. The number of thioether (sulfide) groups is 1. The molecule has 0 saturated heterocycles. The summed E-state index contributed by atoms with van der Waals surface area (Å²) < 4.78 is 2.02. The number of nitrogens with zero attached hydrogens (tertiary/aromatic N) is 5. The minimum atomic E-state index is 0.336. The summed E-state index contributed by atoms with van der Waals surface area (Å²) in [5, 5.41) is 17.4. The van der Waals surface area contributed by atoms with Crippen molar-refractivity contribution >= 4 is 23.9 Å². The number of hydrogen-bond donors (Lipinski definition) is 2. The van der Waals surface area contributed by atoms with Gasteiger partial charge in [-0.25, -0.2) is 10.5 Å². The maximum Gasteiger partial charge on any atom is 0.240 e. The highest BCUT2D eigenvalue weighted by atomic mass is 32.2. The molecule has 0 spiro atoms. The number of hydrazone groups is 1. The smallest absolute Gasteiger partial charge is 0.240 e. The number of anilines is 1. The number of aryl methyl sites for hydroxylation is 1. The average Bonchev–Trinajstić information content (AvgIpc) is 3.25. The van der Waals surface area contributed by atoms with Crippen LogP contribution in [-0.4, -0.2) is 36.4 Å². The van der Waals surface area contributed by atoms with Gasteiger partial charge < -0.3 is 0 Å². The van der Waals surface area contributed by atoms with Gasteiger partial charge in [-0.05, 0) is 40.5 Å². The largest absolute Gasteiger partial charge is 0.266 e. The van der Waals surface area contributed by atoms with E-state index in [1.165, 1.54) is 25.7 Å². The molecular weight excluding hydrogens is 322 g/mol. The first kappa shape index (κ1) is 17.0. The molecule has 2 heterocycles. The molecule has 8 heteroatoms. The number of aromatic amines is 1. The Hall–Kier alpha value is -1.83. The van der Waals surface area contributed by atoms with E-state index in [9.17, 15) is 0 Å². The first-order chi connectivity index (χ1) is 11.5. The Morgan fingerprint density at radius 1 is 1.33 bits per heavy atom. The van der Waals surface area contributed by atoms with E-state index >= 15 is 0 Å². The van der Waals surface area contributed by atoms with E-state index in [2.05, 4.69) is 51.6 Å². The summed E-state index contributed by atoms with van der Waals surface area (Å²) in [6.45, 7) is 8.30. The second kappa shape index (κ2) is 7.38. The van der Waals surface area contributed by atoms with E-state index in [1.807, 2.05) is 11.6 Å². The monoisotopic (exact) mass is 347 g/mol. The highest BCUT2D eigenvalue weighted by Gasteiger charge is 2.18. The summed E-state index contributed by atoms with van der Waals surface area (Å²) in [6, 6.07) is 0.336. The molecule has 0 atom stereocenters. The van der Waals surface area contributed by atoms with Crippen LogP contribution in [0.3, 0.4) is 0 Å². The number of hydrogen-bond acceptors (Lipinski definition) is 6. The van der Waals surface area contributed by atoms with Gasteiger partial charge in [0.05, 0.1) is 11.9 Å². The van der Waals surface area contributed by atoms with Crippen molar-refractivity contribution in [2.45, 2.75) is 69.8 Å². The fraction of sp³-hybridized carbons (Fsp3) is 0.625. The lowest BCUT2D eigenvalue weighted by Crippen LogP contribution is -2.05. The van der Waals surface area contributed by atoms with E-state index in [0.29, 0.717) is 17.2 Å². The molecule has 0 aromatic carbocycles. The third-order valence-corrected chi connectivity index (χ3v) is 5.47. The van der Waals surface area contributed by atoms with Crippen molar-refractivity contribution in [2.24, 2.45) is 5.10 Å². The highest BCUT2D eigenvalue weighted by molar-refractivity contribution is 7.99. The van der Waals surface area contributed by atoms with Gasteiger partial charge in [-0.15, -0.1) is 5.10 Å². The van der Waals surface area contributed by atoms with Gasteiger partial charge in [-0.3, -0.25) is 4.68 Å². The standard InChI is InChI=1S/C16H25N7S/c1-10(2)23-12(4)14(11(3)22-23)9-17-19-15-18-16(21-20-15)24-13-7-5-6-8-13/h9-10,13H,5-8H2,1-4H3,(H2,18,19,20,21)/b17-9-. The lowest BCUT2D eigenvalue weighted by atomic mass is 10.2. The molecule has 0 amide bonds. The highest BCUT2D eigenvalue weighted by Crippen LogP contribution is 2.33. The van der Waals surface area contributed by atoms with Crippen LogP contribution in [-0.2, 0) is 0 Å². The first-order valence-electron chi connectivity index (χ1n) is 8.48. The van der Waals surface area contributed by atoms with Crippen LogP contribution in [0, 0.1) is 13.8 Å². The van der Waals surface area contributed by atoms with Crippen molar-refractivity contribution in [1.82, 2.24) is 25.0 Å². The maximum atomic E-state index is 4.56. The minimum Gasteiger partial charge on any atom is -0.266 e. The van der Waals surface area contributed by atoms with Gasteiger partial charge >= 0.3 is 0 Å². The third-order valence-electron chi connectivity index (χ3n) is 4.27. The van der Waals surface area contributed by atoms with E-state index in [-0.39, 0.29) is 0 Å². The Balaban J connectivity index is 1.61. The van der Waals surface area contributed by atoms with Crippen molar-refractivity contribution < 1.29 is 0 Å². The van der Waals surface area contributed by atoms with Crippen molar-refractivity contribution in [1.29, 1.82) is 0 Å². The van der Waals surface area contributed by atoms with Crippen LogP contribution in [0.25, 0.3) is 0 Å². The van der Waals surface area contributed by atoms with Crippen LogP contribution in [0.15, 0.2) is 10.3 Å². The molecule has 24 heavy (non-hydrogen) atoms. The molecule has 2 aromatic rings. The average molecular weight is 347 g/mol. The van der Waals surface area contributed by atoms with Gasteiger partial charge in [0.1, 0.15) is 0 Å². The molecule has 130 valence electrons. The second-order valence-corrected chi connectivity index (χ2v) is 7.75. The number of aromatic nitrogens is 5. The Labute approximate surface area is 146 Å². The molecule has 1 fully saturated rings. The van der Waals surface area contributed by atoms with Crippen molar-refractivity contribution in [2.75, 3.05) is 5.43 Å². The molecule has 1 saturated carbocycles. The quantitative estimate of drug-likeness (QED) is 0.615. The zero-order valence-electron chi connectivity index (χ0n) is 14.7. The number of rotatable bonds is 6. The van der Waals surface area contributed by atoms with Crippen LogP contribution in [0.1, 0.15) is 62.5 Å². The third kappa shape index (κ3) is 3.80. The maximum absolute atomic E-state index is 4.56. The van der Waals surface area contributed by atoms with Gasteiger partial charge in [0.25, 0.3) is 0 Å². The predicted molar refractivity (Wildman–Crippen MR) is 97.8 cm³/mol. The molecule has 0 unspecified atom stereocenters. The summed E-state index contributed by atoms with van der Waals surface area (Å²) in [5.74, 6) is 0.568. The Morgan fingerprint density at radius 2 is 2.08 bits per heavy atom. The first-order valence-corrected chi connectivity index (χ1v) is 9.36.